The summed E-state index contributed by atoms with van der Waals surface area (Å²) in [5.41, 5.74) is 6.61. The van der Waals surface area contributed by atoms with E-state index in [-0.39, 0.29) is 81.3 Å². The average Bonchev–Trinajstić information content (AvgIpc) is 3.55. The number of fused-ring (bicyclic) bond motifs is 1. The number of carboxylic acid groups (broad SMARTS) is 1. The van der Waals surface area contributed by atoms with Crippen LogP contribution in [0.2, 0.25) is 0 Å². The van der Waals surface area contributed by atoms with Crippen LogP contribution in [0.1, 0.15) is 31.4 Å². The molecule has 0 radical (unpaired) electrons. The second-order valence-electron chi connectivity index (χ2n) is 12.7. The fourth-order valence-corrected chi connectivity index (χ4v) is 7.40. The van der Waals surface area contributed by atoms with Crippen LogP contribution in [-0.4, -0.2) is 116 Å². The van der Waals surface area contributed by atoms with Crippen LogP contribution in [0.3, 0.4) is 0 Å². The molecule has 0 bridgehead atoms. The van der Waals surface area contributed by atoms with E-state index in [1.54, 1.807) is 38.1 Å². The third kappa shape index (κ3) is 8.12. The van der Waals surface area contributed by atoms with Crippen molar-refractivity contribution in [1.82, 2.24) is 19.6 Å². The van der Waals surface area contributed by atoms with Crippen molar-refractivity contribution in [1.29, 1.82) is 0 Å². The molecule has 16 heteroatoms. The van der Waals surface area contributed by atoms with Crippen LogP contribution in [0.25, 0.3) is 0 Å². The van der Waals surface area contributed by atoms with Crippen molar-refractivity contribution >= 4 is 41.4 Å². The van der Waals surface area contributed by atoms with E-state index < -0.39 is 52.9 Å². The molecule has 3 heterocycles. The Labute approximate surface area is 285 Å². The lowest BCUT2D eigenvalue weighted by atomic mass is 10.0. The van der Waals surface area contributed by atoms with E-state index in [2.05, 4.69) is 0 Å². The van der Waals surface area contributed by atoms with Crippen molar-refractivity contribution in [2.24, 2.45) is 11.7 Å². The van der Waals surface area contributed by atoms with Gasteiger partial charge in [-0.2, -0.15) is 0 Å². The molecule has 2 aromatic carbocycles. The predicted molar refractivity (Wildman–Crippen MR) is 171 cm³/mol. The molecular weight excluding hydrogens is 667 g/mol. The number of carboxylic acids is 1. The van der Waals surface area contributed by atoms with Gasteiger partial charge in [-0.3, -0.25) is 19.2 Å². The Morgan fingerprint density at radius 2 is 1.71 bits per heavy atom. The lowest BCUT2D eigenvalue weighted by molar-refractivity contribution is -0.162. The molecule has 5 rings (SSSR count). The van der Waals surface area contributed by atoms with E-state index in [9.17, 15) is 42.3 Å². The zero-order valence-corrected chi connectivity index (χ0v) is 27.8. The SMILES string of the molecule is CC(C)[C@@H](Oc1ccc(CN2CC(=O)N3CCN(C(=O)C4SCCN4C(=O)C[C@H](N)Cc4cc(F)c(F)cc4F)CC3C2=O)cc1)C(=O)O. The Morgan fingerprint density at radius 3 is 2.39 bits per heavy atom. The molecule has 3 aliphatic heterocycles. The van der Waals surface area contributed by atoms with E-state index in [0.717, 1.165) is 0 Å². The van der Waals surface area contributed by atoms with Gasteiger partial charge in [0.2, 0.25) is 17.7 Å². The molecule has 4 atom stereocenters. The van der Waals surface area contributed by atoms with Crippen LogP contribution in [0, 0.1) is 23.4 Å². The van der Waals surface area contributed by atoms with Crippen molar-refractivity contribution in [2.75, 3.05) is 38.5 Å². The van der Waals surface area contributed by atoms with E-state index in [4.69, 9.17) is 10.5 Å². The summed E-state index contributed by atoms with van der Waals surface area (Å²) in [6, 6.07) is 5.92. The fraction of sp³-hybridized carbons (Fsp3) is 0.485. The molecule has 2 unspecified atom stereocenters. The lowest BCUT2D eigenvalue weighted by Gasteiger charge is -2.46. The Morgan fingerprint density at radius 1 is 1.02 bits per heavy atom. The zero-order valence-electron chi connectivity index (χ0n) is 27.0. The minimum Gasteiger partial charge on any atom is -0.478 e. The molecule has 0 aromatic heterocycles. The van der Waals surface area contributed by atoms with Crippen LogP contribution in [0.4, 0.5) is 13.2 Å². The Hall–Kier alpha value is -4.31. The van der Waals surface area contributed by atoms with Gasteiger partial charge in [0.1, 0.15) is 24.2 Å². The van der Waals surface area contributed by atoms with E-state index >= 15 is 0 Å². The topological polar surface area (TPSA) is 154 Å². The first-order chi connectivity index (χ1) is 23.2. The van der Waals surface area contributed by atoms with Crippen LogP contribution >= 0.6 is 11.8 Å². The highest BCUT2D eigenvalue weighted by Crippen LogP contribution is 2.29. The van der Waals surface area contributed by atoms with Gasteiger partial charge in [0.05, 0.1) is 6.54 Å². The quantitative estimate of drug-likeness (QED) is 0.334. The van der Waals surface area contributed by atoms with Gasteiger partial charge in [0.15, 0.2) is 23.1 Å². The minimum atomic E-state index is -1.33. The van der Waals surface area contributed by atoms with Gasteiger partial charge in [-0.05, 0) is 35.7 Å². The van der Waals surface area contributed by atoms with Crippen LogP contribution in [-0.2, 0) is 36.9 Å². The number of carbonyl (C=O) groups is 5. The molecule has 264 valence electrons. The maximum Gasteiger partial charge on any atom is 0.345 e. The number of nitrogens with zero attached hydrogens (tertiary/aromatic N) is 4. The summed E-state index contributed by atoms with van der Waals surface area (Å²) in [5.74, 6) is -5.45. The van der Waals surface area contributed by atoms with Crippen molar-refractivity contribution < 1.29 is 47.0 Å². The molecule has 3 N–H and O–H groups in total. The normalized spacial score (nSPS) is 20.8. The Bertz CT molecular complexity index is 1610. The van der Waals surface area contributed by atoms with Crippen LogP contribution < -0.4 is 10.5 Å². The molecule has 0 saturated carbocycles. The number of hydrogen-bond donors (Lipinski definition) is 2. The standard InChI is InChI=1S/C33H38F3N5O7S/c1-18(2)29(33(46)47)48-22-5-3-19(4-6-22)15-39-17-28(43)40-8-7-38(16-26(40)30(39)44)31(45)32-41(9-10-49-32)27(42)13-21(37)11-20-12-24(35)25(36)14-23(20)34/h3-6,12,14,18,21,26,29,32H,7-11,13,15-17,37H2,1-2H3,(H,46,47)/t21-,26?,29-,32?/m1/s1. The number of aliphatic carboxylic acids is 1. The van der Waals surface area contributed by atoms with E-state index in [0.29, 0.717) is 29.2 Å². The predicted octanol–water partition coefficient (Wildman–Crippen LogP) is 1.84. The van der Waals surface area contributed by atoms with E-state index in [1.807, 2.05) is 0 Å². The number of rotatable bonds is 11. The highest BCUT2D eigenvalue weighted by atomic mass is 32.2. The number of thioether (sulfide) groups is 1. The van der Waals surface area contributed by atoms with Crippen molar-refractivity contribution in [3.05, 3.63) is 65.0 Å². The third-order valence-electron chi connectivity index (χ3n) is 8.77. The summed E-state index contributed by atoms with van der Waals surface area (Å²) in [7, 11) is 0. The Balaban J connectivity index is 1.19. The van der Waals surface area contributed by atoms with Gasteiger partial charge < -0.3 is 35.2 Å². The first-order valence-electron chi connectivity index (χ1n) is 15.9. The summed E-state index contributed by atoms with van der Waals surface area (Å²) in [6.45, 7) is 4.00. The number of amides is 4. The second kappa shape index (κ2) is 15.1. The molecule has 2 aromatic rings. The summed E-state index contributed by atoms with van der Waals surface area (Å²) in [5, 5.41) is 8.51. The van der Waals surface area contributed by atoms with Gasteiger partial charge in [0, 0.05) is 56.4 Å². The third-order valence-corrected chi connectivity index (χ3v) is 9.96. The van der Waals surface area contributed by atoms with Gasteiger partial charge in [-0.1, -0.05) is 26.0 Å². The smallest absolute Gasteiger partial charge is 0.345 e. The first kappa shape index (κ1) is 36.0. The molecule has 49 heavy (non-hydrogen) atoms. The molecule has 3 saturated heterocycles. The summed E-state index contributed by atoms with van der Waals surface area (Å²) < 4.78 is 46.6. The fourth-order valence-electron chi connectivity index (χ4n) is 6.18. The Kier molecular flexibility index (Phi) is 11.1. The average molecular weight is 706 g/mol. The van der Waals surface area contributed by atoms with Gasteiger partial charge in [-0.15, -0.1) is 11.8 Å². The molecule has 12 nitrogen and oxygen atoms in total. The number of piperazine rings is 2. The molecule has 0 aliphatic carbocycles. The summed E-state index contributed by atoms with van der Waals surface area (Å²) in [6.07, 6.45) is -1.50. The summed E-state index contributed by atoms with van der Waals surface area (Å²) in [4.78, 5) is 70.8. The van der Waals surface area contributed by atoms with Crippen LogP contribution in [0.5, 0.6) is 5.75 Å². The van der Waals surface area contributed by atoms with Crippen molar-refractivity contribution in [3.63, 3.8) is 0 Å². The molecule has 3 aliphatic rings. The maximum absolute atomic E-state index is 14.1. The lowest BCUT2D eigenvalue weighted by Crippen LogP contribution is -2.68. The number of hydrogen-bond acceptors (Lipinski definition) is 8. The maximum atomic E-state index is 14.1. The minimum absolute atomic E-state index is 0.0491. The van der Waals surface area contributed by atoms with Gasteiger partial charge in [-0.25, -0.2) is 18.0 Å². The molecular formula is C33H38F3N5O7S. The first-order valence-corrected chi connectivity index (χ1v) is 16.9. The number of benzene rings is 2. The van der Waals surface area contributed by atoms with Crippen molar-refractivity contribution in [2.45, 2.75) is 56.8 Å². The molecule has 3 fully saturated rings. The zero-order chi connectivity index (χ0) is 35.6. The van der Waals surface area contributed by atoms with Crippen LogP contribution in [0.15, 0.2) is 36.4 Å². The van der Waals surface area contributed by atoms with Crippen molar-refractivity contribution in [3.8, 4) is 5.75 Å². The monoisotopic (exact) mass is 705 g/mol. The second-order valence-corrected chi connectivity index (χ2v) is 13.9. The largest absolute Gasteiger partial charge is 0.478 e. The number of halogens is 3. The number of nitrogens with two attached hydrogens (primary N) is 1. The number of carbonyl (C=O) groups excluding carboxylic acids is 4. The highest BCUT2D eigenvalue weighted by molar-refractivity contribution is 8.00. The highest BCUT2D eigenvalue weighted by Gasteiger charge is 2.46. The number of ether oxygens (including phenoxy) is 1. The molecule has 4 amide bonds. The molecule has 0 spiro atoms. The van der Waals surface area contributed by atoms with Gasteiger partial charge >= 0.3 is 5.97 Å². The van der Waals surface area contributed by atoms with E-state index in [1.165, 1.54) is 31.4 Å². The van der Waals surface area contributed by atoms with Gasteiger partial charge in [0.25, 0.3) is 5.91 Å². The summed E-state index contributed by atoms with van der Waals surface area (Å²) >= 11 is 1.26.